The normalized spacial score (nSPS) is 11.9. The molecule has 3 rings (SSSR count). The van der Waals surface area contributed by atoms with E-state index in [4.69, 9.17) is 11.6 Å². The van der Waals surface area contributed by atoms with Gasteiger partial charge in [-0.05, 0) is 71.8 Å². The molecule has 3 aromatic rings. The molecule has 0 spiro atoms. The van der Waals surface area contributed by atoms with Gasteiger partial charge in [0.25, 0.3) is 5.91 Å². The summed E-state index contributed by atoms with van der Waals surface area (Å²) in [5.41, 5.74) is 1.16. The standard InChI is InChI=1S/C23H25ClIN5O2S/c1-4-30-21(20(14(2)3)27-22(32)17-7-5-6-8-18(17)24)28-29-23(30)33-13-19(31)26-16-11-9-15(25)10-12-16/h5-12,14,20H,4,13H2,1-3H3,(H,26,31)(H,27,32)/t20-/m1/s1. The van der Waals surface area contributed by atoms with Gasteiger partial charge in [0.15, 0.2) is 11.0 Å². The first-order chi connectivity index (χ1) is 15.8. The molecule has 2 amide bonds. The lowest BCUT2D eigenvalue weighted by molar-refractivity contribution is -0.113. The van der Waals surface area contributed by atoms with Gasteiger partial charge >= 0.3 is 0 Å². The zero-order valence-electron chi connectivity index (χ0n) is 18.5. The van der Waals surface area contributed by atoms with Crippen molar-refractivity contribution in [1.82, 2.24) is 20.1 Å². The second-order valence-electron chi connectivity index (χ2n) is 7.60. The van der Waals surface area contributed by atoms with Crippen LogP contribution in [0.5, 0.6) is 0 Å². The van der Waals surface area contributed by atoms with Crippen LogP contribution in [0, 0.1) is 9.49 Å². The molecule has 7 nitrogen and oxygen atoms in total. The first-order valence-electron chi connectivity index (χ1n) is 10.5. The maximum Gasteiger partial charge on any atom is 0.253 e. The predicted molar refractivity (Wildman–Crippen MR) is 141 cm³/mol. The van der Waals surface area contributed by atoms with Gasteiger partial charge in [-0.2, -0.15) is 0 Å². The summed E-state index contributed by atoms with van der Waals surface area (Å²) in [6.07, 6.45) is 0. The molecule has 0 radical (unpaired) electrons. The van der Waals surface area contributed by atoms with E-state index >= 15 is 0 Å². The van der Waals surface area contributed by atoms with Crippen LogP contribution in [0.3, 0.4) is 0 Å². The summed E-state index contributed by atoms with van der Waals surface area (Å²) >= 11 is 9.72. The molecule has 33 heavy (non-hydrogen) atoms. The largest absolute Gasteiger partial charge is 0.342 e. The Hall–Kier alpha value is -2.11. The fourth-order valence-corrected chi connectivity index (χ4v) is 4.58. The fraction of sp³-hybridized carbons (Fsp3) is 0.304. The molecule has 0 saturated heterocycles. The van der Waals surface area contributed by atoms with Crippen LogP contribution < -0.4 is 10.6 Å². The van der Waals surface area contributed by atoms with Crippen LogP contribution in [0.4, 0.5) is 5.69 Å². The highest BCUT2D eigenvalue weighted by atomic mass is 127. The maximum absolute atomic E-state index is 12.9. The van der Waals surface area contributed by atoms with Gasteiger partial charge < -0.3 is 15.2 Å². The lowest BCUT2D eigenvalue weighted by Crippen LogP contribution is -2.34. The highest BCUT2D eigenvalue weighted by Gasteiger charge is 2.26. The van der Waals surface area contributed by atoms with Crippen molar-refractivity contribution in [3.05, 3.63) is 68.5 Å². The van der Waals surface area contributed by atoms with Gasteiger partial charge in [-0.15, -0.1) is 10.2 Å². The Morgan fingerprint density at radius 3 is 2.45 bits per heavy atom. The first kappa shape index (κ1) is 25.5. The number of amides is 2. The number of rotatable bonds is 9. The summed E-state index contributed by atoms with van der Waals surface area (Å²) in [7, 11) is 0. The Bertz CT molecular complexity index is 1120. The van der Waals surface area contributed by atoms with Crippen molar-refractivity contribution in [2.75, 3.05) is 11.1 Å². The number of nitrogens with one attached hydrogen (secondary N) is 2. The van der Waals surface area contributed by atoms with Gasteiger partial charge in [-0.25, -0.2) is 0 Å². The van der Waals surface area contributed by atoms with Crippen LogP contribution in [-0.2, 0) is 11.3 Å². The van der Waals surface area contributed by atoms with E-state index in [1.54, 1.807) is 24.3 Å². The van der Waals surface area contributed by atoms with Crippen LogP contribution in [0.1, 0.15) is 43.0 Å². The molecule has 0 saturated carbocycles. The van der Waals surface area contributed by atoms with Crippen LogP contribution in [0.15, 0.2) is 53.7 Å². The van der Waals surface area contributed by atoms with Gasteiger partial charge in [0.05, 0.1) is 22.4 Å². The van der Waals surface area contributed by atoms with Gasteiger partial charge in [0.1, 0.15) is 0 Å². The van der Waals surface area contributed by atoms with Crippen LogP contribution >= 0.6 is 46.0 Å². The van der Waals surface area contributed by atoms with Crippen molar-refractivity contribution in [2.24, 2.45) is 5.92 Å². The smallest absolute Gasteiger partial charge is 0.253 e. The van der Waals surface area contributed by atoms with Crippen LogP contribution in [0.2, 0.25) is 5.02 Å². The predicted octanol–water partition coefficient (Wildman–Crippen LogP) is 5.41. The van der Waals surface area contributed by atoms with Crippen molar-refractivity contribution < 1.29 is 9.59 Å². The van der Waals surface area contributed by atoms with E-state index in [1.807, 2.05) is 49.6 Å². The van der Waals surface area contributed by atoms with Gasteiger partial charge in [0, 0.05) is 15.8 Å². The monoisotopic (exact) mass is 597 g/mol. The molecule has 0 bridgehead atoms. The number of aromatic nitrogens is 3. The topological polar surface area (TPSA) is 88.9 Å². The van der Waals surface area contributed by atoms with Gasteiger partial charge in [-0.1, -0.05) is 49.3 Å². The molecule has 1 aromatic heterocycles. The Balaban J connectivity index is 1.71. The number of carbonyl (C=O) groups is 2. The van der Waals surface area contributed by atoms with E-state index in [-0.39, 0.29) is 29.5 Å². The lowest BCUT2D eigenvalue weighted by atomic mass is 10.0. The van der Waals surface area contributed by atoms with Crippen molar-refractivity contribution >= 4 is 63.5 Å². The molecule has 1 atom stereocenters. The number of hydrogen-bond acceptors (Lipinski definition) is 5. The number of thioether (sulfide) groups is 1. The number of anilines is 1. The number of carbonyl (C=O) groups excluding carboxylic acids is 2. The van der Waals surface area contributed by atoms with Crippen molar-refractivity contribution in [2.45, 2.75) is 38.5 Å². The molecule has 0 aliphatic heterocycles. The molecule has 10 heteroatoms. The summed E-state index contributed by atoms with van der Waals surface area (Å²) in [5, 5.41) is 15.6. The van der Waals surface area contributed by atoms with E-state index in [2.05, 4.69) is 43.4 Å². The van der Waals surface area contributed by atoms with Crippen molar-refractivity contribution in [3.63, 3.8) is 0 Å². The van der Waals surface area contributed by atoms with Crippen LogP contribution in [-0.4, -0.2) is 32.3 Å². The SMILES string of the molecule is CCn1c(SCC(=O)Nc2ccc(I)cc2)nnc1[C@H](NC(=O)c1ccccc1Cl)C(C)C. The molecular weight excluding hydrogens is 573 g/mol. The summed E-state index contributed by atoms with van der Waals surface area (Å²) < 4.78 is 3.03. The highest BCUT2D eigenvalue weighted by molar-refractivity contribution is 14.1. The third kappa shape index (κ3) is 6.70. The Morgan fingerprint density at radius 2 is 1.82 bits per heavy atom. The number of hydrogen-bond donors (Lipinski definition) is 2. The number of benzene rings is 2. The second-order valence-corrected chi connectivity index (χ2v) is 10.2. The summed E-state index contributed by atoms with van der Waals surface area (Å²) in [6.45, 7) is 6.60. The maximum atomic E-state index is 12.9. The summed E-state index contributed by atoms with van der Waals surface area (Å²) in [5.74, 6) is 0.515. The van der Waals surface area contributed by atoms with Gasteiger partial charge in [0.2, 0.25) is 5.91 Å². The first-order valence-corrected chi connectivity index (χ1v) is 12.9. The zero-order valence-corrected chi connectivity index (χ0v) is 22.2. The number of halogens is 2. The minimum absolute atomic E-state index is 0.0629. The van der Waals surface area contributed by atoms with E-state index < -0.39 is 0 Å². The Morgan fingerprint density at radius 1 is 1.12 bits per heavy atom. The summed E-state index contributed by atoms with van der Waals surface area (Å²) in [6, 6.07) is 14.2. The van der Waals surface area contributed by atoms with E-state index in [9.17, 15) is 9.59 Å². The lowest BCUT2D eigenvalue weighted by Gasteiger charge is -2.22. The van der Waals surface area contributed by atoms with E-state index in [0.29, 0.717) is 28.1 Å². The van der Waals surface area contributed by atoms with Gasteiger partial charge in [-0.3, -0.25) is 9.59 Å². The minimum Gasteiger partial charge on any atom is -0.342 e. The molecule has 0 fully saturated rings. The van der Waals surface area contributed by atoms with E-state index in [1.165, 1.54) is 11.8 Å². The average Bonchev–Trinajstić information content (AvgIpc) is 3.20. The van der Waals surface area contributed by atoms with Crippen molar-refractivity contribution in [3.8, 4) is 0 Å². The Labute approximate surface area is 216 Å². The number of nitrogens with zero attached hydrogens (tertiary/aromatic N) is 3. The average molecular weight is 598 g/mol. The van der Waals surface area contributed by atoms with Crippen molar-refractivity contribution in [1.29, 1.82) is 0 Å². The third-order valence-corrected chi connectivity index (χ3v) is 6.89. The quantitative estimate of drug-likeness (QED) is 0.254. The van der Waals surface area contributed by atoms with Crippen LogP contribution in [0.25, 0.3) is 0 Å². The fourth-order valence-electron chi connectivity index (χ4n) is 3.19. The highest BCUT2D eigenvalue weighted by Crippen LogP contribution is 2.26. The molecule has 2 N–H and O–H groups in total. The van der Waals surface area contributed by atoms with E-state index in [0.717, 1.165) is 9.26 Å². The summed E-state index contributed by atoms with van der Waals surface area (Å²) in [4.78, 5) is 25.3. The molecule has 174 valence electrons. The molecule has 1 heterocycles. The molecule has 2 aromatic carbocycles. The zero-order chi connectivity index (χ0) is 24.0. The Kier molecular flexibility index (Phi) is 9.16. The molecule has 0 aliphatic carbocycles. The molecule has 0 unspecified atom stereocenters. The second kappa shape index (κ2) is 11.8. The minimum atomic E-state index is -0.365. The molecular formula is C23H25ClIN5O2S. The molecule has 0 aliphatic rings. The third-order valence-electron chi connectivity index (χ3n) is 4.87.